The molecule has 170 valence electrons. The quantitative estimate of drug-likeness (QED) is 0.552. The van der Waals surface area contributed by atoms with E-state index < -0.39 is 6.10 Å². The molecule has 0 bridgehead atoms. The summed E-state index contributed by atoms with van der Waals surface area (Å²) in [6.07, 6.45) is 13.9. The highest BCUT2D eigenvalue weighted by atomic mass is 16.6. The second-order valence-electron chi connectivity index (χ2n) is 9.38. The first-order chi connectivity index (χ1) is 16.1. The van der Waals surface area contributed by atoms with Gasteiger partial charge in [-0.15, -0.1) is 0 Å². The highest BCUT2D eigenvalue weighted by Crippen LogP contribution is 2.28. The summed E-state index contributed by atoms with van der Waals surface area (Å²) in [5, 5.41) is 0. The van der Waals surface area contributed by atoms with Gasteiger partial charge < -0.3 is 9.47 Å². The van der Waals surface area contributed by atoms with Gasteiger partial charge in [-0.05, 0) is 110 Å². The van der Waals surface area contributed by atoms with Gasteiger partial charge in [0.2, 0.25) is 0 Å². The molecule has 2 aromatic carbocycles. The molecular formula is C29H30O4. The van der Waals surface area contributed by atoms with Crippen LogP contribution < -0.4 is 0 Å². The van der Waals surface area contributed by atoms with Crippen LogP contribution in [0.1, 0.15) is 75.6 Å². The van der Waals surface area contributed by atoms with E-state index in [1.165, 1.54) is 35.1 Å². The lowest BCUT2D eigenvalue weighted by Crippen LogP contribution is -2.28. The number of hydrogen-bond donors (Lipinski definition) is 0. The Kier molecular flexibility index (Phi) is 6.17. The maximum atomic E-state index is 12.8. The van der Waals surface area contributed by atoms with Gasteiger partial charge in [0.25, 0.3) is 0 Å². The van der Waals surface area contributed by atoms with E-state index in [1.54, 1.807) is 12.2 Å². The number of rotatable bonds is 4. The summed E-state index contributed by atoms with van der Waals surface area (Å²) in [5.41, 5.74) is 6.32. The van der Waals surface area contributed by atoms with Crippen LogP contribution in [0.25, 0.3) is 0 Å². The normalized spacial score (nSPS) is 21.4. The fraction of sp³-hybridized carbons (Fsp3) is 0.379. The number of ether oxygens (including phenoxy) is 2. The summed E-state index contributed by atoms with van der Waals surface area (Å²) >= 11 is 0. The van der Waals surface area contributed by atoms with E-state index in [0.717, 1.165) is 38.5 Å². The lowest BCUT2D eigenvalue weighted by atomic mass is 9.90. The smallest absolute Gasteiger partial charge is 0.343 e. The lowest BCUT2D eigenvalue weighted by molar-refractivity contribution is 0.0245. The topological polar surface area (TPSA) is 52.6 Å². The van der Waals surface area contributed by atoms with E-state index >= 15 is 0 Å². The molecule has 0 aliphatic heterocycles. The van der Waals surface area contributed by atoms with E-state index in [2.05, 4.69) is 6.07 Å². The van der Waals surface area contributed by atoms with Crippen molar-refractivity contribution in [3.05, 3.63) is 93.8 Å². The molecule has 0 aromatic heterocycles. The molecule has 0 heterocycles. The molecule has 0 radical (unpaired) electrons. The third kappa shape index (κ3) is 4.66. The van der Waals surface area contributed by atoms with Gasteiger partial charge in [-0.1, -0.05) is 25.1 Å². The fourth-order valence-corrected chi connectivity index (χ4v) is 5.09. The van der Waals surface area contributed by atoms with Crippen LogP contribution in [0.15, 0.2) is 60.4 Å². The number of carbonyl (C=O) groups excluding carboxylic acids is 2. The van der Waals surface area contributed by atoms with Crippen LogP contribution in [0.4, 0.5) is 0 Å². The molecule has 5 rings (SSSR count). The number of allylic oxidation sites excluding steroid dienone is 2. The summed E-state index contributed by atoms with van der Waals surface area (Å²) in [7, 11) is 0. The van der Waals surface area contributed by atoms with Gasteiger partial charge in [0, 0.05) is 0 Å². The van der Waals surface area contributed by atoms with Crippen LogP contribution >= 0.6 is 0 Å². The zero-order valence-corrected chi connectivity index (χ0v) is 19.1. The molecule has 0 amide bonds. The zero-order chi connectivity index (χ0) is 22.8. The average Bonchev–Trinajstić information content (AvgIpc) is 2.85. The van der Waals surface area contributed by atoms with E-state index in [4.69, 9.17) is 9.47 Å². The Morgan fingerprint density at radius 3 is 1.91 bits per heavy atom. The van der Waals surface area contributed by atoms with Gasteiger partial charge >= 0.3 is 11.9 Å². The number of benzene rings is 2. The predicted octanol–water partition coefficient (Wildman–Crippen LogP) is 5.92. The van der Waals surface area contributed by atoms with Crippen LogP contribution in [0, 0.1) is 5.92 Å². The Morgan fingerprint density at radius 1 is 0.758 bits per heavy atom. The molecule has 2 aromatic rings. The Labute approximate surface area is 195 Å². The molecule has 0 fully saturated rings. The molecule has 2 unspecified atom stereocenters. The van der Waals surface area contributed by atoms with Crippen LogP contribution in [0.5, 0.6) is 0 Å². The summed E-state index contributed by atoms with van der Waals surface area (Å²) in [6.45, 7) is 1.92. The van der Waals surface area contributed by atoms with E-state index in [-0.39, 0.29) is 17.9 Å². The monoisotopic (exact) mass is 442 g/mol. The first-order valence-corrected chi connectivity index (χ1v) is 12.1. The fourth-order valence-electron chi connectivity index (χ4n) is 5.09. The van der Waals surface area contributed by atoms with Crippen molar-refractivity contribution in [2.75, 3.05) is 0 Å². The number of carbonyl (C=O) groups is 2. The molecule has 33 heavy (non-hydrogen) atoms. The van der Waals surface area contributed by atoms with Crippen LogP contribution in [-0.2, 0) is 35.2 Å². The summed E-state index contributed by atoms with van der Waals surface area (Å²) in [5.74, 6) is -0.440. The molecule has 4 nitrogen and oxygen atoms in total. The average molecular weight is 443 g/mol. The van der Waals surface area contributed by atoms with Crippen molar-refractivity contribution in [3.8, 4) is 0 Å². The van der Waals surface area contributed by atoms with Crippen LogP contribution in [-0.4, -0.2) is 18.0 Å². The minimum Gasteiger partial charge on any atom is -0.454 e. The van der Waals surface area contributed by atoms with Gasteiger partial charge in [0.15, 0.2) is 0 Å². The third-order valence-electron chi connectivity index (χ3n) is 7.12. The largest absolute Gasteiger partial charge is 0.454 e. The van der Waals surface area contributed by atoms with Crippen molar-refractivity contribution in [1.29, 1.82) is 0 Å². The number of hydrogen-bond acceptors (Lipinski definition) is 4. The van der Waals surface area contributed by atoms with E-state index in [9.17, 15) is 9.59 Å². The van der Waals surface area contributed by atoms with Crippen molar-refractivity contribution in [3.63, 3.8) is 0 Å². The van der Waals surface area contributed by atoms with Crippen LogP contribution in [0.3, 0.4) is 0 Å². The second-order valence-corrected chi connectivity index (χ2v) is 9.38. The highest BCUT2D eigenvalue weighted by molar-refractivity contribution is 5.91. The minimum absolute atomic E-state index is 0.252. The molecule has 3 aliphatic carbocycles. The van der Waals surface area contributed by atoms with Gasteiger partial charge in [-0.2, -0.15) is 0 Å². The maximum Gasteiger partial charge on any atom is 0.343 e. The van der Waals surface area contributed by atoms with Crippen molar-refractivity contribution >= 4 is 11.9 Å². The maximum absolute atomic E-state index is 12.8. The molecule has 0 saturated carbocycles. The summed E-state index contributed by atoms with van der Waals surface area (Å²) in [6, 6.07) is 11.7. The number of aryl methyl sites for hydroxylation is 4. The molecule has 0 spiro atoms. The molecule has 0 N–H and O–H groups in total. The number of esters is 2. The van der Waals surface area contributed by atoms with Gasteiger partial charge in [-0.3, -0.25) is 0 Å². The SMILES string of the molecule is CC1C(OC(=O)c2ccc3c(c2)CCCC3)=CC=CC1OC(=O)c1ccc2c(c1)CCCC2. The standard InChI is InChI=1S/C29H30O4/c1-19-26(32-28(30)24-15-13-20-7-2-4-9-22(20)17-24)11-6-12-27(19)33-29(31)25-16-14-21-8-3-5-10-23(21)18-25/h6,11-19,26H,2-5,7-10H2,1H3. The second kappa shape index (κ2) is 9.38. The number of fused-ring (bicyclic) bond motifs is 2. The minimum atomic E-state index is -0.482. The van der Waals surface area contributed by atoms with E-state index in [1.807, 2.05) is 43.3 Å². The Morgan fingerprint density at radius 2 is 1.30 bits per heavy atom. The first kappa shape index (κ1) is 21.7. The lowest BCUT2D eigenvalue weighted by Gasteiger charge is -2.26. The van der Waals surface area contributed by atoms with Gasteiger partial charge in [0.05, 0.1) is 17.0 Å². The predicted molar refractivity (Wildman–Crippen MR) is 127 cm³/mol. The molecule has 2 atom stereocenters. The molecular weight excluding hydrogens is 412 g/mol. The summed E-state index contributed by atoms with van der Waals surface area (Å²) in [4.78, 5) is 25.7. The third-order valence-corrected chi connectivity index (χ3v) is 7.12. The van der Waals surface area contributed by atoms with Crippen LogP contribution in [0.2, 0.25) is 0 Å². The molecule has 3 aliphatic rings. The van der Waals surface area contributed by atoms with Gasteiger partial charge in [-0.25, -0.2) is 9.59 Å². The Hall–Kier alpha value is -3.14. The first-order valence-electron chi connectivity index (χ1n) is 12.1. The summed E-state index contributed by atoms with van der Waals surface area (Å²) < 4.78 is 11.6. The highest BCUT2D eigenvalue weighted by Gasteiger charge is 2.28. The van der Waals surface area contributed by atoms with Crippen molar-refractivity contribution in [2.24, 2.45) is 5.92 Å². The van der Waals surface area contributed by atoms with E-state index in [0.29, 0.717) is 16.9 Å². The Balaban J connectivity index is 1.24. The van der Waals surface area contributed by atoms with Crippen molar-refractivity contribution in [1.82, 2.24) is 0 Å². The molecule has 4 heteroatoms. The van der Waals surface area contributed by atoms with Crippen molar-refractivity contribution in [2.45, 2.75) is 64.4 Å². The van der Waals surface area contributed by atoms with Gasteiger partial charge in [0.1, 0.15) is 11.9 Å². The Bertz CT molecular complexity index is 1140. The zero-order valence-electron chi connectivity index (χ0n) is 19.1. The molecule has 0 saturated heterocycles. The van der Waals surface area contributed by atoms with Crippen molar-refractivity contribution < 1.29 is 19.1 Å².